The summed E-state index contributed by atoms with van der Waals surface area (Å²) < 4.78 is 9.92. The first-order valence-electron chi connectivity index (χ1n) is 7.53. The van der Waals surface area contributed by atoms with E-state index in [4.69, 9.17) is 9.47 Å². The molecule has 1 N–H and O–H groups in total. The largest absolute Gasteiger partial charge is 0.461 e. The molecule has 7 heteroatoms. The smallest absolute Gasteiger partial charge is 0.354 e. The maximum Gasteiger partial charge on any atom is 0.354 e. The number of rotatable bonds is 7. The third-order valence-electron chi connectivity index (χ3n) is 3.35. The minimum atomic E-state index is -0.575. The third kappa shape index (κ3) is 4.29. The van der Waals surface area contributed by atoms with Crippen LogP contribution in [0.1, 0.15) is 13.3 Å². The number of hydrazone groups is 1. The number of esters is 1. The molecule has 0 bridgehead atoms. The van der Waals surface area contributed by atoms with Gasteiger partial charge in [0.15, 0.2) is 0 Å². The van der Waals surface area contributed by atoms with Crippen LogP contribution in [0.5, 0.6) is 0 Å². The van der Waals surface area contributed by atoms with Crippen molar-refractivity contribution in [3.8, 4) is 0 Å². The van der Waals surface area contributed by atoms with Crippen LogP contribution in [0.4, 0.5) is 5.69 Å². The summed E-state index contributed by atoms with van der Waals surface area (Å²) in [5, 5.41) is 8.64. The van der Waals surface area contributed by atoms with Crippen molar-refractivity contribution >= 4 is 23.3 Å². The van der Waals surface area contributed by atoms with E-state index in [0.717, 1.165) is 5.69 Å². The highest BCUT2D eigenvalue weighted by Gasteiger charge is 2.36. The van der Waals surface area contributed by atoms with Gasteiger partial charge in [-0.25, -0.2) is 4.79 Å². The first-order chi connectivity index (χ1) is 11.2. The van der Waals surface area contributed by atoms with Crippen LogP contribution in [0.2, 0.25) is 0 Å². The van der Waals surface area contributed by atoms with E-state index in [1.165, 1.54) is 0 Å². The summed E-state index contributed by atoms with van der Waals surface area (Å²) >= 11 is 0. The summed E-state index contributed by atoms with van der Waals surface area (Å²) in [5.74, 6) is -0.686. The van der Waals surface area contributed by atoms with Gasteiger partial charge in [0.1, 0.15) is 11.8 Å². The Morgan fingerprint density at radius 1 is 1.35 bits per heavy atom. The molecule has 1 aliphatic rings. The van der Waals surface area contributed by atoms with Crippen LogP contribution in [-0.4, -0.2) is 50.5 Å². The lowest BCUT2D eigenvalue weighted by Crippen LogP contribution is -2.43. The number of amides is 1. The van der Waals surface area contributed by atoms with Crippen molar-refractivity contribution in [2.24, 2.45) is 5.10 Å². The van der Waals surface area contributed by atoms with Gasteiger partial charge in [-0.1, -0.05) is 18.2 Å². The Balaban J connectivity index is 2.16. The number of methoxy groups -OCH3 is 1. The topological polar surface area (TPSA) is 80.2 Å². The van der Waals surface area contributed by atoms with E-state index in [9.17, 15) is 9.59 Å². The van der Waals surface area contributed by atoms with Gasteiger partial charge in [0.2, 0.25) is 5.91 Å². The second-order valence-electron chi connectivity index (χ2n) is 4.95. The molecule has 1 aromatic rings. The Labute approximate surface area is 135 Å². The molecule has 0 saturated heterocycles. The van der Waals surface area contributed by atoms with Crippen molar-refractivity contribution in [3.05, 3.63) is 30.3 Å². The quantitative estimate of drug-likeness (QED) is 0.598. The normalized spacial score (nSPS) is 16.9. The summed E-state index contributed by atoms with van der Waals surface area (Å²) in [6.45, 7) is 2.84. The van der Waals surface area contributed by atoms with Crippen LogP contribution in [-0.2, 0) is 19.1 Å². The second kappa shape index (κ2) is 8.28. The molecule has 0 unspecified atom stereocenters. The molecule has 7 nitrogen and oxygen atoms in total. The van der Waals surface area contributed by atoms with E-state index in [-0.39, 0.29) is 24.6 Å². The fourth-order valence-electron chi connectivity index (χ4n) is 2.27. The van der Waals surface area contributed by atoms with Gasteiger partial charge < -0.3 is 14.8 Å². The highest BCUT2D eigenvalue weighted by atomic mass is 16.5. The lowest BCUT2D eigenvalue weighted by Gasteiger charge is -2.22. The number of anilines is 1. The fraction of sp³-hybridized carbons (Fsp3) is 0.438. The average Bonchev–Trinajstić information content (AvgIpc) is 3.01. The minimum absolute atomic E-state index is 0.200. The van der Waals surface area contributed by atoms with Crippen molar-refractivity contribution < 1.29 is 19.1 Å². The molecule has 124 valence electrons. The summed E-state index contributed by atoms with van der Waals surface area (Å²) in [5.41, 5.74) is 1.00. The van der Waals surface area contributed by atoms with Crippen LogP contribution < -0.4 is 10.3 Å². The summed E-state index contributed by atoms with van der Waals surface area (Å²) in [4.78, 5) is 24.3. The molecule has 2 rings (SSSR count). The highest BCUT2D eigenvalue weighted by molar-refractivity contribution is 6.38. The maximum atomic E-state index is 12.4. The summed E-state index contributed by atoms with van der Waals surface area (Å²) in [6.07, 6.45) is 0.215. The Hall–Kier alpha value is -2.41. The first-order valence-corrected chi connectivity index (χ1v) is 7.53. The van der Waals surface area contributed by atoms with Gasteiger partial charge >= 0.3 is 5.97 Å². The zero-order valence-electron chi connectivity index (χ0n) is 13.3. The lowest BCUT2D eigenvalue weighted by atomic mass is 10.1. The van der Waals surface area contributed by atoms with Gasteiger partial charge in [-0.15, -0.1) is 0 Å². The zero-order valence-corrected chi connectivity index (χ0v) is 13.3. The van der Waals surface area contributed by atoms with Crippen molar-refractivity contribution in [2.75, 3.05) is 31.9 Å². The monoisotopic (exact) mass is 319 g/mol. The number of nitrogens with zero attached hydrogens (tertiary/aromatic N) is 2. The Morgan fingerprint density at radius 3 is 2.74 bits per heavy atom. The second-order valence-corrected chi connectivity index (χ2v) is 4.95. The van der Waals surface area contributed by atoms with E-state index in [1.54, 1.807) is 19.0 Å². The van der Waals surface area contributed by atoms with Crippen molar-refractivity contribution in [1.29, 1.82) is 0 Å². The van der Waals surface area contributed by atoms with E-state index >= 15 is 0 Å². The minimum Gasteiger partial charge on any atom is -0.461 e. The number of para-hydroxylation sites is 1. The number of carbonyl (C=O) groups excluding carboxylic acids is 2. The fourth-order valence-corrected chi connectivity index (χ4v) is 2.27. The molecule has 1 atom stereocenters. The molecular formula is C16H21N3O4. The SMILES string of the molecule is CCOC(=O)C1=NN(c2ccccc2)[C@H](C(=O)NCCOC)C1. The maximum absolute atomic E-state index is 12.4. The average molecular weight is 319 g/mol. The van der Waals surface area contributed by atoms with Gasteiger partial charge in [0, 0.05) is 20.1 Å². The number of nitrogens with one attached hydrogen (secondary N) is 1. The first kappa shape index (κ1) is 17.0. The molecule has 0 aliphatic carbocycles. The molecule has 0 aromatic heterocycles. The molecule has 0 radical (unpaired) electrons. The van der Waals surface area contributed by atoms with Gasteiger partial charge in [0.25, 0.3) is 0 Å². The zero-order chi connectivity index (χ0) is 16.7. The lowest BCUT2D eigenvalue weighted by molar-refractivity contribution is -0.135. The van der Waals surface area contributed by atoms with Gasteiger partial charge in [0.05, 0.1) is 18.9 Å². The van der Waals surface area contributed by atoms with Gasteiger partial charge in [-0.3, -0.25) is 9.80 Å². The number of ether oxygens (including phenoxy) is 2. The molecule has 1 heterocycles. The Bertz CT molecular complexity index is 574. The Kier molecular flexibility index (Phi) is 6.10. The van der Waals surface area contributed by atoms with Crippen LogP contribution in [0.3, 0.4) is 0 Å². The van der Waals surface area contributed by atoms with Crippen molar-refractivity contribution in [3.63, 3.8) is 0 Å². The molecule has 1 aliphatic heterocycles. The van der Waals surface area contributed by atoms with Crippen LogP contribution >= 0.6 is 0 Å². The van der Waals surface area contributed by atoms with Crippen LogP contribution in [0.25, 0.3) is 0 Å². The van der Waals surface area contributed by atoms with Crippen molar-refractivity contribution in [2.45, 2.75) is 19.4 Å². The number of hydrogen-bond acceptors (Lipinski definition) is 6. The van der Waals surface area contributed by atoms with E-state index < -0.39 is 12.0 Å². The number of carbonyl (C=O) groups is 2. The van der Waals surface area contributed by atoms with Gasteiger partial charge in [-0.2, -0.15) is 5.10 Å². The highest BCUT2D eigenvalue weighted by Crippen LogP contribution is 2.24. The molecule has 0 spiro atoms. The van der Waals surface area contributed by atoms with E-state index in [1.807, 2.05) is 30.3 Å². The molecule has 1 aromatic carbocycles. The van der Waals surface area contributed by atoms with E-state index in [2.05, 4.69) is 10.4 Å². The van der Waals surface area contributed by atoms with Crippen LogP contribution in [0, 0.1) is 0 Å². The van der Waals surface area contributed by atoms with Gasteiger partial charge in [-0.05, 0) is 19.1 Å². The standard InChI is InChI=1S/C16H21N3O4/c1-3-23-16(21)13-11-14(15(20)17-9-10-22-2)19(18-13)12-7-5-4-6-8-12/h4-8,14H,3,9-11H2,1-2H3,(H,17,20)/t14-/m0/s1. The summed E-state index contributed by atoms with van der Waals surface area (Å²) in [7, 11) is 1.57. The molecule has 23 heavy (non-hydrogen) atoms. The number of benzene rings is 1. The number of hydrogen-bond donors (Lipinski definition) is 1. The predicted octanol–water partition coefficient (Wildman–Crippen LogP) is 0.947. The summed E-state index contributed by atoms with van der Waals surface area (Å²) in [6, 6.07) is 8.69. The van der Waals surface area contributed by atoms with Crippen molar-refractivity contribution in [1.82, 2.24) is 5.32 Å². The molecule has 1 amide bonds. The van der Waals surface area contributed by atoms with Crippen LogP contribution in [0.15, 0.2) is 35.4 Å². The molecule has 0 fully saturated rings. The molecule has 0 saturated carbocycles. The Morgan fingerprint density at radius 2 is 2.09 bits per heavy atom. The molecular weight excluding hydrogens is 298 g/mol. The van der Waals surface area contributed by atoms with E-state index in [0.29, 0.717) is 13.2 Å². The predicted molar refractivity (Wildman–Crippen MR) is 86.3 cm³/mol. The third-order valence-corrected chi connectivity index (χ3v) is 3.35.